The second-order valence-corrected chi connectivity index (χ2v) is 13.3. The van der Waals surface area contributed by atoms with E-state index in [9.17, 15) is 29.7 Å². The Morgan fingerprint density at radius 1 is 0.630 bits per heavy atom. The molecule has 1 heterocycles. The normalized spacial score (nSPS) is 21.3. The van der Waals surface area contributed by atoms with Gasteiger partial charge in [-0.1, -0.05) is 136 Å². The molecule has 10 heteroatoms. The highest BCUT2D eigenvalue weighted by atomic mass is 16.5. The fraction of sp³-hybridized carbons (Fsp3) is 0.917. The van der Waals surface area contributed by atoms with Gasteiger partial charge in [-0.05, 0) is 12.8 Å². The number of carbonyl (C=O) groups excluding carboxylic acids is 2. The van der Waals surface area contributed by atoms with Crippen LogP contribution in [0.2, 0.25) is 0 Å². The maximum atomic E-state index is 13.7. The van der Waals surface area contributed by atoms with Crippen molar-refractivity contribution in [3.05, 3.63) is 0 Å². The molecule has 1 fully saturated rings. The van der Waals surface area contributed by atoms with Gasteiger partial charge in [0.15, 0.2) is 6.23 Å². The molecular formula is C36H68N2O8. The first-order valence-electron chi connectivity index (χ1n) is 18.7. The van der Waals surface area contributed by atoms with Gasteiger partial charge in [-0.2, -0.15) is 0 Å². The maximum Gasteiger partial charge on any atom is 0.303 e. The molecule has 10 nitrogen and oxygen atoms in total. The summed E-state index contributed by atoms with van der Waals surface area (Å²) in [6, 6.07) is -1.16. The van der Waals surface area contributed by atoms with Crippen molar-refractivity contribution in [3.63, 3.8) is 0 Å². The van der Waals surface area contributed by atoms with Gasteiger partial charge in [0, 0.05) is 19.4 Å². The molecule has 0 aromatic heterocycles. The van der Waals surface area contributed by atoms with E-state index in [4.69, 9.17) is 9.84 Å². The number of rotatable bonds is 29. The summed E-state index contributed by atoms with van der Waals surface area (Å²) in [5.74, 6) is -1.90. The molecule has 1 aliphatic heterocycles. The quantitative estimate of drug-likeness (QED) is 0.0594. The van der Waals surface area contributed by atoms with Gasteiger partial charge in [0.25, 0.3) is 0 Å². The fourth-order valence-corrected chi connectivity index (χ4v) is 6.25. The molecule has 0 aromatic rings. The molecule has 2 amide bonds. The minimum atomic E-state index is -1.50. The lowest BCUT2D eigenvalue weighted by atomic mass is 9.94. The van der Waals surface area contributed by atoms with Gasteiger partial charge in [0.1, 0.15) is 24.4 Å². The molecule has 46 heavy (non-hydrogen) atoms. The minimum absolute atomic E-state index is 0.152. The van der Waals surface area contributed by atoms with E-state index in [0.29, 0.717) is 13.0 Å². The van der Waals surface area contributed by atoms with E-state index >= 15 is 0 Å². The average Bonchev–Trinajstić information content (AvgIpc) is 3.04. The zero-order chi connectivity index (χ0) is 34.0. The number of carbonyl (C=O) groups is 3. The number of unbranched alkanes of at least 4 members (excludes halogenated alkanes) is 19. The highest BCUT2D eigenvalue weighted by Crippen LogP contribution is 2.26. The number of aliphatic hydroxyl groups excluding tert-OH is 3. The van der Waals surface area contributed by atoms with E-state index < -0.39 is 49.1 Å². The Morgan fingerprint density at radius 3 is 1.54 bits per heavy atom. The number of nitrogens with zero attached hydrogens (tertiary/aromatic N) is 1. The van der Waals surface area contributed by atoms with Crippen LogP contribution >= 0.6 is 0 Å². The van der Waals surface area contributed by atoms with Crippen molar-refractivity contribution >= 4 is 17.8 Å². The zero-order valence-electron chi connectivity index (χ0n) is 29.1. The van der Waals surface area contributed by atoms with E-state index in [1.54, 1.807) is 4.90 Å². The van der Waals surface area contributed by atoms with Crippen LogP contribution in [0.3, 0.4) is 0 Å². The number of aliphatic carboxylic acids is 1. The molecule has 0 saturated carbocycles. The van der Waals surface area contributed by atoms with Crippen LogP contribution in [0.15, 0.2) is 0 Å². The minimum Gasteiger partial charge on any atom is -0.481 e. The summed E-state index contributed by atoms with van der Waals surface area (Å²) in [6.45, 7) is 4.24. The van der Waals surface area contributed by atoms with Gasteiger partial charge in [-0.15, -0.1) is 0 Å². The Balaban J connectivity index is 2.79. The van der Waals surface area contributed by atoms with Gasteiger partial charge in [0.05, 0.1) is 13.0 Å². The predicted molar refractivity (Wildman–Crippen MR) is 181 cm³/mol. The molecule has 5 atom stereocenters. The summed E-state index contributed by atoms with van der Waals surface area (Å²) in [5.41, 5.74) is 0. The summed E-state index contributed by atoms with van der Waals surface area (Å²) in [6.07, 6.45) is 18.6. The average molecular weight is 657 g/mol. The van der Waals surface area contributed by atoms with Crippen molar-refractivity contribution < 1.29 is 39.5 Å². The number of carboxylic acids is 1. The molecule has 0 unspecified atom stereocenters. The van der Waals surface area contributed by atoms with Crippen LogP contribution in [-0.2, 0) is 19.1 Å². The third-order valence-electron chi connectivity index (χ3n) is 9.17. The van der Waals surface area contributed by atoms with Crippen molar-refractivity contribution in [1.29, 1.82) is 0 Å². The first-order chi connectivity index (χ1) is 22.3. The molecule has 270 valence electrons. The molecule has 5 N–H and O–H groups in total. The number of ether oxygens (including phenoxy) is 1. The number of aliphatic hydroxyl groups is 3. The Labute approximate surface area is 279 Å². The fourth-order valence-electron chi connectivity index (χ4n) is 6.25. The summed E-state index contributed by atoms with van der Waals surface area (Å²) in [7, 11) is 0. The van der Waals surface area contributed by atoms with Gasteiger partial charge in [0.2, 0.25) is 11.8 Å². The first kappa shape index (κ1) is 42.3. The number of carboxylic acid groups (broad SMARTS) is 1. The van der Waals surface area contributed by atoms with Crippen LogP contribution < -0.4 is 5.32 Å². The molecule has 0 radical (unpaired) electrons. The van der Waals surface area contributed by atoms with Crippen molar-refractivity contribution in [2.24, 2.45) is 0 Å². The smallest absolute Gasteiger partial charge is 0.303 e. The van der Waals surface area contributed by atoms with Crippen molar-refractivity contribution in [1.82, 2.24) is 10.2 Å². The van der Waals surface area contributed by atoms with E-state index in [0.717, 1.165) is 51.4 Å². The van der Waals surface area contributed by atoms with Crippen LogP contribution in [0.25, 0.3) is 0 Å². The molecule has 1 saturated heterocycles. The highest BCUT2D eigenvalue weighted by Gasteiger charge is 2.48. The second-order valence-electron chi connectivity index (χ2n) is 13.3. The van der Waals surface area contributed by atoms with Gasteiger partial charge in [-0.3, -0.25) is 14.4 Å². The first-order valence-corrected chi connectivity index (χ1v) is 18.7. The standard InChI is InChI=1S/C36H68N2O8/c1-3-5-7-9-11-13-14-15-17-19-21-23-27-38(31(41)24-22-20-18-16-12-10-8-6-4-2)36-33(37-30(40)25-26-32(42)43)35(45)34(44)29(28-39)46-36/h29,33-36,39,44-45H,3-28H2,1-2H3,(H,37,40)(H,42,43)/t29-,33-,34-,35-,36-/m1/s1. The van der Waals surface area contributed by atoms with E-state index in [-0.39, 0.29) is 18.7 Å². The van der Waals surface area contributed by atoms with E-state index in [1.807, 2.05) is 0 Å². The topological polar surface area (TPSA) is 157 Å². The Hall–Kier alpha value is -1.75. The lowest BCUT2D eigenvalue weighted by Gasteiger charge is -2.47. The molecule has 0 spiro atoms. The molecule has 1 aliphatic rings. The zero-order valence-corrected chi connectivity index (χ0v) is 29.1. The maximum absolute atomic E-state index is 13.7. The Morgan fingerprint density at radius 2 is 1.09 bits per heavy atom. The van der Waals surface area contributed by atoms with Gasteiger partial charge >= 0.3 is 5.97 Å². The van der Waals surface area contributed by atoms with Crippen molar-refractivity contribution in [2.75, 3.05) is 13.2 Å². The molecule has 0 aromatic carbocycles. The van der Waals surface area contributed by atoms with Gasteiger partial charge in [-0.25, -0.2) is 0 Å². The predicted octanol–water partition coefficient (Wildman–Crippen LogP) is 6.23. The van der Waals surface area contributed by atoms with Crippen LogP contribution in [0.4, 0.5) is 0 Å². The summed E-state index contributed by atoms with van der Waals surface area (Å²) < 4.78 is 6.00. The summed E-state index contributed by atoms with van der Waals surface area (Å²) in [4.78, 5) is 38.8. The summed E-state index contributed by atoms with van der Waals surface area (Å²) >= 11 is 0. The Bertz CT molecular complexity index is 798. The van der Waals surface area contributed by atoms with Gasteiger partial charge < -0.3 is 35.4 Å². The van der Waals surface area contributed by atoms with Crippen LogP contribution in [0.5, 0.6) is 0 Å². The Kier molecular flexibility index (Phi) is 25.0. The third-order valence-corrected chi connectivity index (χ3v) is 9.17. The largest absolute Gasteiger partial charge is 0.481 e. The SMILES string of the molecule is CCCCCCCCCCCCCCN(C(=O)CCCCCCCCCCC)[C@@H]1O[C@H](CO)[C@@H](O)[C@H](O)[C@H]1NC(=O)CCC(=O)O. The molecule has 1 rings (SSSR count). The van der Waals surface area contributed by atoms with Crippen molar-refractivity contribution in [2.45, 2.75) is 199 Å². The molecular weight excluding hydrogens is 588 g/mol. The lowest BCUT2D eigenvalue weighted by molar-refractivity contribution is -0.231. The number of nitrogens with one attached hydrogen (secondary N) is 1. The number of hydrogen-bond acceptors (Lipinski definition) is 7. The van der Waals surface area contributed by atoms with Crippen molar-refractivity contribution in [3.8, 4) is 0 Å². The van der Waals surface area contributed by atoms with Crippen LogP contribution in [0.1, 0.15) is 168 Å². The molecule has 0 aliphatic carbocycles. The second kappa shape index (κ2) is 27.2. The van der Waals surface area contributed by atoms with E-state index in [2.05, 4.69) is 19.2 Å². The highest BCUT2D eigenvalue weighted by molar-refractivity contribution is 5.81. The van der Waals surface area contributed by atoms with Crippen LogP contribution in [0, 0.1) is 0 Å². The lowest BCUT2D eigenvalue weighted by Crippen LogP contribution is -2.68. The molecule has 0 bridgehead atoms. The van der Waals surface area contributed by atoms with E-state index in [1.165, 1.54) is 83.5 Å². The third kappa shape index (κ3) is 18.6. The monoisotopic (exact) mass is 656 g/mol. The van der Waals surface area contributed by atoms with Crippen LogP contribution in [-0.4, -0.2) is 86.8 Å². The summed E-state index contributed by atoms with van der Waals surface area (Å²) in [5, 5.41) is 43.0. The number of hydrogen-bond donors (Lipinski definition) is 5. The number of amides is 2.